The molecule has 1 aromatic carbocycles. The first-order valence-electron chi connectivity index (χ1n) is 6.81. The van der Waals surface area contributed by atoms with E-state index in [9.17, 15) is 5.11 Å². The van der Waals surface area contributed by atoms with Crippen molar-refractivity contribution in [3.63, 3.8) is 0 Å². The summed E-state index contributed by atoms with van der Waals surface area (Å²) in [6.07, 6.45) is 3.81. The molecule has 1 saturated carbocycles. The molecular weight excluding hydrogens is 238 g/mol. The molecule has 2 aromatic rings. The van der Waals surface area contributed by atoms with E-state index in [2.05, 4.69) is 17.0 Å². The fourth-order valence-electron chi connectivity index (χ4n) is 2.33. The van der Waals surface area contributed by atoms with Crippen molar-refractivity contribution in [1.82, 2.24) is 0 Å². The zero-order chi connectivity index (χ0) is 13.2. The van der Waals surface area contributed by atoms with Crippen LogP contribution in [0.15, 0.2) is 47.1 Å². The topological polar surface area (TPSA) is 36.6 Å². The number of rotatable bonds is 5. The van der Waals surface area contributed by atoms with Crippen molar-refractivity contribution in [2.45, 2.75) is 38.5 Å². The maximum absolute atomic E-state index is 9.55. The Balaban J connectivity index is 1.79. The highest BCUT2D eigenvalue weighted by atomic mass is 16.3. The largest absolute Gasteiger partial charge is 0.467 e. The zero-order valence-corrected chi connectivity index (χ0v) is 11.1. The van der Waals surface area contributed by atoms with Crippen LogP contribution in [0, 0.1) is 0 Å². The summed E-state index contributed by atoms with van der Waals surface area (Å²) in [7, 11) is 0. The first kappa shape index (κ1) is 12.3. The predicted octanol–water partition coefficient (Wildman–Crippen LogP) is 3.50. The summed E-state index contributed by atoms with van der Waals surface area (Å²) in [5.74, 6) is 0.992. The van der Waals surface area contributed by atoms with Crippen molar-refractivity contribution in [3.05, 3.63) is 54.0 Å². The van der Waals surface area contributed by atoms with Gasteiger partial charge in [-0.15, -0.1) is 0 Å². The molecule has 1 atom stereocenters. The van der Waals surface area contributed by atoms with Gasteiger partial charge in [-0.1, -0.05) is 12.1 Å². The number of benzene rings is 1. The Morgan fingerprint density at radius 1 is 1.26 bits per heavy atom. The summed E-state index contributed by atoms with van der Waals surface area (Å²) in [6.45, 7) is 2.60. The summed E-state index contributed by atoms with van der Waals surface area (Å²) < 4.78 is 5.44. The van der Waals surface area contributed by atoms with E-state index in [4.69, 9.17) is 4.42 Å². The Bertz CT molecular complexity index is 512. The SMILES string of the molecule is C[C@H](O)c1ccc(N(Cc2ccco2)C2CC2)cc1. The Labute approximate surface area is 113 Å². The van der Waals surface area contributed by atoms with Gasteiger partial charge in [0.15, 0.2) is 0 Å². The molecule has 1 fully saturated rings. The number of anilines is 1. The zero-order valence-electron chi connectivity index (χ0n) is 11.1. The molecule has 3 heteroatoms. The van der Waals surface area contributed by atoms with Gasteiger partial charge in [0.25, 0.3) is 0 Å². The van der Waals surface area contributed by atoms with Gasteiger partial charge in [0.05, 0.1) is 18.9 Å². The molecule has 0 saturated heterocycles. The molecule has 0 spiro atoms. The monoisotopic (exact) mass is 257 g/mol. The second-order valence-corrected chi connectivity index (χ2v) is 5.21. The highest BCUT2D eigenvalue weighted by Crippen LogP contribution is 2.33. The third-order valence-electron chi connectivity index (χ3n) is 3.60. The van der Waals surface area contributed by atoms with Gasteiger partial charge in [-0.05, 0) is 49.6 Å². The van der Waals surface area contributed by atoms with Crippen LogP contribution in [0.1, 0.15) is 37.2 Å². The van der Waals surface area contributed by atoms with Crippen LogP contribution in [0.4, 0.5) is 5.69 Å². The minimum Gasteiger partial charge on any atom is -0.467 e. The van der Waals surface area contributed by atoms with E-state index in [1.807, 2.05) is 24.3 Å². The van der Waals surface area contributed by atoms with Gasteiger partial charge >= 0.3 is 0 Å². The summed E-state index contributed by atoms with van der Waals surface area (Å²) >= 11 is 0. The standard InChI is InChI=1S/C16H19NO2/c1-12(18)13-4-6-14(7-5-13)17(15-8-9-15)11-16-3-2-10-19-16/h2-7,10,12,15,18H,8-9,11H2,1H3/t12-/m0/s1. The van der Waals surface area contributed by atoms with Crippen LogP contribution in [-0.4, -0.2) is 11.1 Å². The summed E-state index contributed by atoms with van der Waals surface area (Å²) in [5, 5.41) is 9.55. The van der Waals surface area contributed by atoms with Gasteiger partial charge in [-0.3, -0.25) is 0 Å². The maximum atomic E-state index is 9.55. The number of aliphatic hydroxyl groups excluding tert-OH is 1. The molecule has 0 amide bonds. The van der Waals surface area contributed by atoms with Crippen LogP contribution in [0.2, 0.25) is 0 Å². The van der Waals surface area contributed by atoms with Gasteiger partial charge in [0.1, 0.15) is 5.76 Å². The lowest BCUT2D eigenvalue weighted by Gasteiger charge is -2.24. The van der Waals surface area contributed by atoms with Crippen LogP contribution in [0.3, 0.4) is 0 Å². The fraction of sp³-hybridized carbons (Fsp3) is 0.375. The molecule has 1 N–H and O–H groups in total. The molecule has 0 unspecified atom stereocenters. The molecule has 1 aliphatic rings. The van der Waals surface area contributed by atoms with Crippen molar-refractivity contribution in [2.75, 3.05) is 4.90 Å². The molecule has 1 heterocycles. The van der Waals surface area contributed by atoms with E-state index in [-0.39, 0.29) is 0 Å². The van der Waals surface area contributed by atoms with Gasteiger partial charge in [0, 0.05) is 11.7 Å². The van der Waals surface area contributed by atoms with E-state index in [0.717, 1.165) is 17.9 Å². The smallest absolute Gasteiger partial charge is 0.123 e. The number of hydrogen-bond donors (Lipinski definition) is 1. The maximum Gasteiger partial charge on any atom is 0.123 e. The van der Waals surface area contributed by atoms with Gasteiger partial charge in [-0.2, -0.15) is 0 Å². The van der Waals surface area contributed by atoms with E-state index in [1.54, 1.807) is 13.2 Å². The van der Waals surface area contributed by atoms with Crippen molar-refractivity contribution in [2.24, 2.45) is 0 Å². The van der Waals surface area contributed by atoms with E-state index in [1.165, 1.54) is 18.5 Å². The normalized spacial score (nSPS) is 16.3. The molecule has 3 nitrogen and oxygen atoms in total. The average molecular weight is 257 g/mol. The Morgan fingerprint density at radius 3 is 2.53 bits per heavy atom. The molecule has 0 radical (unpaired) electrons. The molecule has 19 heavy (non-hydrogen) atoms. The first-order valence-corrected chi connectivity index (χ1v) is 6.81. The summed E-state index contributed by atoms with van der Waals surface area (Å²) in [5.41, 5.74) is 2.15. The fourth-order valence-corrected chi connectivity index (χ4v) is 2.33. The Hall–Kier alpha value is -1.74. The lowest BCUT2D eigenvalue weighted by molar-refractivity contribution is 0.199. The first-order chi connectivity index (χ1) is 9.24. The number of aliphatic hydroxyl groups is 1. The Kier molecular flexibility index (Phi) is 3.30. The quantitative estimate of drug-likeness (QED) is 0.890. The van der Waals surface area contributed by atoms with E-state index in [0.29, 0.717) is 6.04 Å². The lowest BCUT2D eigenvalue weighted by Crippen LogP contribution is -2.24. The van der Waals surface area contributed by atoms with Crippen molar-refractivity contribution in [1.29, 1.82) is 0 Å². The second kappa shape index (κ2) is 5.10. The van der Waals surface area contributed by atoms with E-state index < -0.39 is 6.10 Å². The van der Waals surface area contributed by atoms with Gasteiger partial charge < -0.3 is 14.4 Å². The summed E-state index contributed by atoms with van der Waals surface area (Å²) in [6, 6.07) is 12.7. The molecule has 1 aromatic heterocycles. The van der Waals surface area contributed by atoms with Crippen molar-refractivity contribution >= 4 is 5.69 Å². The van der Waals surface area contributed by atoms with Gasteiger partial charge in [-0.25, -0.2) is 0 Å². The van der Waals surface area contributed by atoms with Crippen LogP contribution in [0.5, 0.6) is 0 Å². The van der Waals surface area contributed by atoms with Crippen LogP contribution in [-0.2, 0) is 6.54 Å². The minimum atomic E-state index is -0.409. The summed E-state index contributed by atoms with van der Waals surface area (Å²) in [4.78, 5) is 2.38. The molecule has 1 aliphatic carbocycles. The van der Waals surface area contributed by atoms with Crippen LogP contribution in [0.25, 0.3) is 0 Å². The number of hydrogen-bond acceptors (Lipinski definition) is 3. The highest BCUT2D eigenvalue weighted by molar-refractivity contribution is 5.50. The average Bonchev–Trinajstić information content (AvgIpc) is 3.13. The minimum absolute atomic E-state index is 0.409. The molecular formula is C16H19NO2. The van der Waals surface area contributed by atoms with Gasteiger partial charge in [0.2, 0.25) is 0 Å². The highest BCUT2D eigenvalue weighted by Gasteiger charge is 2.29. The lowest BCUT2D eigenvalue weighted by atomic mass is 10.1. The van der Waals surface area contributed by atoms with Crippen LogP contribution >= 0.6 is 0 Å². The third-order valence-corrected chi connectivity index (χ3v) is 3.60. The Morgan fingerprint density at radius 2 is 2.00 bits per heavy atom. The third kappa shape index (κ3) is 2.82. The molecule has 100 valence electrons. The molecule has 3 rings (SSSR count). The predicted molar refractivity (Wildman–Crippen MR) is 75.0 cm³/mol. The van der Waals surface area contributed by atoms with Crippen LogP contribution < -0.4 is 4.90 Å². The van der Waals surface area contributed by atoms with E-state index >= 15 is 0 Å². The van der Waals surface area contributed by atoms with Crippen molar-refractivity contribution < 1.29 is 9.52 Å². The molecule has 0 bridgehead atoms. The number of nitrogens with zero attached hydrogens (tertiary/aromatic N) is 1. The number of furan rings is 1. The molecule has 0 aliphatic heterocycles. The van der Waals surface area contributed by atoms with Crippen molar-refractivity contribution in [3.8, 4) is 0 Å². The second-order valence-electron chi connectivity index (χ2n) is 5.21.